The van der Waals surface area contributed by atoms with Crippen LogP contribution in [0.15, 0.2) is 18.2 Å². The third kappa shape index (κ3) is 7.58. The van der Waals surface area contributed by atoms with Gasteiger partial charge in [-0.1, -0.05) is 26.8 Å². The monoisotopic (exact) mass is 314 g/mol. The molecule has 4 heteroatoms. The Labute approximate surface area is 133 Å². The van der Waals surface area contributed by atoms with Crippen molar-refractivity contribution in [3.63, 3.8) is 0 Å². The second kappa shape index (κ2) is 10.7. The topological polar surface area (TPSA) is 27.7 Å². The molecule has 1 rings (SSSR count). The number of ether oxygens (including phenoxy) is 3. The Morgan fingerprint density at radius 3 is 2.52 bits per heavy atom. The molecule has 0 fully saturated rings. The molecule has 0 spiro atoms. The van der Waals surface area contributed by atoms with Gasteiger partial charge in [0.1, 0.15) is 18.1 Å². The van der Waals surface area contributed by atoms with Crippen molar-refractivity contribution < 1.29 is 14.2 Å². The number of rotatable bonds is 11. The van der Waals surface area contributed by atoms with Crippen LogP contribution in [-0.2, 0) is 10.6 Å². The quantitative estimate of drug-likeness (QED) is 0.439. The largest absolute Gasteiger partial charge is 0.493 e. The molecular formula is C17H27ClO3. The van der Waals surface area contributed by atoms with Gasteiger partial charge in [-0.2, -0.15) is 0 Å². The molecule has 1 aromatic rings. The maximum atomic E-state index is 5.93. The lowest BCUT2D eigenvalue weighted by Gasteiger charge is -2.13. The summed E-state index contributed by atoms with van der Waals surface area (Å²) >= 11 is 5.93. The van der Waals surface area contributed by atoms with Gasteiger partial charge in [0.05, 0.1) is 19.1 Å². The van der Waals surface area contributed by atoms with Crippen molar-refractivity contribution in [1.82, 2.24) is 0 Å². The van der Waals surface area contributed by atoms with Gasteiger partial charge in [-0.3, -0.25) is 0 Å². The lowest BCUT2D eigenvalue weighted by atomic mass is 10.1. The summed E-state index contributed by atoms with van der Waals surface area (Å²) in [4.78, 5) is 0. The van der Waals surface area contributed by atoms with Crippen molar-refractivity contribution in [3.05, 3.63) is 23.8 Å². The van der Waals surface area contributed by atoms with Crippen molar-refractivity contribution in [3.8, 4) is 11.5 Å². The molecule has 120 valence electrons. The summed E-state index contributed by atoms with van der Waals surface area (Å²) in [5, 5.41) is 0. The maximum Gasteiger partial charge on any atom is 0.127 e. The number of halogens is 1. The molecule has 0 heterocycles. The molecule has 0 unspecified atom stereocenters. The van der Waals surface area contributed by atoms with E-state index >= 15 is 0 Å². The first-order valence-corrected chi connectivity index (χ1v) is 8.23. The van der Waals surface area contributed by atoms with E-state index in [0.717, 1.165) is 36.5 Å². The molecule has 0 bridgehead atoms. The molecule has 0 aliphatic carbocycles. The number of hydrogen-bond donors (Lipinski definition) is 0. The van der Waals surface area contributed by atoms with E-state index in [2.05, 4.69) is 20.8 Å². The molecule has 0 saturated carbocycles. The van der Waals surface area contributed by atoms with Crippen LogP contribution in [0.25, 0.3) is 0 Å². The Balaban J connectivity index is 2.40. The van der Waals surface area contributed by atoms with Crippen molar-refractivity contribution in [1.29, 1.82) is 0 Å². The van der Waals surface area contributed by atoms with Gasteiger partial charge in [-0.25, -0.2) is 0 Å². The lowest BCUT2D eigenvalue weighted by molar-refractivity contribution is 0.0922. The Bertz CT molecular complexity index is 394. The van der Waals surface area contributed by atoms with Gasteiger partial charge < -0.3 is 14.2 Å². The van der Waals surface area contributed by atoms with Crippen molar-refractivity contribution in [2.24, 2.45) is 5.92 Å². The third-order valence-corrected chi connectivity index (χ3v) is 3.27. The molecule has 21 heavy (non-hydrogen) atoms. The summed E-state index contributed by atoms with van der Waals surface area (Å²) in [6, 6.07) is 5.79. The van der Waals surface area contributed by atoms with Gasteiger partial charge in [0, 0.05) is 18.2 Å². The van der Waals surface area contributed by atoms with Gasteiger partial charge in [0.2, 0.25) is 0 Å². The lowest BCUT2D eigenvalue weighted by Crippen LogP contribution is -2.09. The van der Waals surface area contributed by atoms with Gasteiger partial charge in [0.25, 0.3) is 0 Å². The van der Waals surface area contributed by atoms with Gasteiger partial charge in [0.15, 0.2) is 0 Å². The standard InChI is InChI=1S/C17H27ClO3/c1-4-8-20-16-6-5-15(13-18)17(12-16)21-11-10-19-9-7-14(2)3/h5-6,12,14H,4,7-11,13H2,1-3H3. The predicted octanol–water partition coefficient (Wildman–Crippen LogP) is 4.66. The summed E-state index contributed by atoms with van der Waals surface area (Å²) < 4.78 is 16.9. The zero-order valence-electron chi connectivity index (χ0n) is 13.4. The molecule has 0 aliphatic heterocycles. The summed E-state index contributed by atoms with van der Waals surface area (Å²) in [5.41, 5.74) is 0.975. The van der Waals surface area contributed by atoms with E-state index in [9.17, 15) is 0 Å². The van der Waals surface area contributed by atoms with E-state index in [0.29, 0.717) is 31.6 Å². The second-order valence-electron chi connectivity index (χ2n) is 5.39. The first kappa shape index (κ1) is 18.1. The molecule has 0 aliphatic rings. The fraction of sp³-hybridized carbons (Fsp3) is 0.647. The summed E-state index contributed by atoms with van der Waals surface area (Å²) in [5.74, 6) is 2.70. The summed E-state index contributed by atoms with van der Waals surface area (Å²) in [7, 11) is 0. The predicted molar refractivity (Wildman–Crippen MR) is 87.6 cm³/mol. The van der Waals surface area contributed by atoms with Crippen LogP contribution in [0.1, 0.15) is 39.2 Å². The molecule has 1 aromatic carbocycles. The Morgan fingerprint density at radius 2 is 1.86 bits per heavy atom. The van der Waals surface area contributed by atoms with Crippen molar-refractivity contribution >= 4 is 11.6 Å². The van der Waals surface area contributed by atoms with E-state index in [-0.39, 0.29) is 0 Å². The molecule has 0 atom stereocenters. The fourth-order valence-corrected chi connectivity index (χ4v) is 1.94. The van der Waals surface area contributed by atoms with Crippen LogP contribution in [0.2, 0.25) is 0 Å². The molecule has 0 radical (unpaired) electrons. The van der Waals surface area contributed by atoms with Crippen LogP contribution in [0.5, 0.6) is 11.5 Å². The smallest absolute Gasteiger partial charge is 0.127 e. The number of hydrogen-bond acceptors (Lipinski definition) is 3. The highest BCUT2D eigenvalue weighted by atomic mass is 35.5. The van der Waals surface area contributed by atoms with Gasteiger partial charge >= 0.3 is 0 Å². The minimum Gasteiger partial charge on any atom is -0.493 e. The normalized spacial score (nSPS) is 10.9. The molecular weight excluding hydrogens is 288 g/mol. The highest BCUT2D eigenvalue weighted by Crippen LogP contribution is 2.26. The van der Waals surface area contributed by atoms with Crippen molar-refractivity contribution in [2.75, 3.05) is 26.4 Å². The molecule has 3 nitrogen and oxygen atoms in total. The Morgan fingerprint density at radius 1 is 1.05 bits per heavy atom. The van der Waals surface area contributed by atoms with E-state index in [1.165, 1.54) is 0 Å². The maximum absolute atomic E-state index is 5.93. The third-order valence-electron chi connectivity index (χ3n) is 2.98. The highest BCUT2D eigenvalue weighted by Gasteiger charge is 2.05. The second-order valence-corrected chi connectivity index (χ2v) is 5.66. The van der Waals surface area contributed by atoms with Crippen LogP contribution in [0.3, 0.4) is 0 Å². The van der Waals surface area contributed by atoms with E-state index in [1.54, 1.807) is 0 Å². The van der Waals surface area contributed by atoms with E-state index < -0.39 is 0 Å². The van der Waals surface area contributed by atoms with Crippen LogP contribution in [-0.4, -0.2) is 26.4 Å². The minimum atomic E-state index is 0.428. The summed E-state index contributed by atoms with van der Waals surface area (Å²) in [6.45, 7) is 9.07. The zero-order chi connectivity index (χ0) is 15.5. The first-order valence-electron chi connectivity index (χ1n) is 7.69. The average molecular weight is 315 g/mol. The molecule has 0 aromatic heterocycles. The number of benzene rings is 1. The highest BCUT2D eigenvalue weighted by molar-refractivity contribution is 6.17. The number of alkyl halides is 1. The zero-order valence-corrected chi connectivity index (χ0v) is 14.1. The molecule has 0 N–H and O–H groups in total. The fourth-order valence-electron chi connectivity index (χ4n) is 1.72. The van der Waals surface area contributed by atoms with E-state index in [4.69, 9.17) is 25.8 Å². The van der Waals surface area contributed by atoms with Crippen LogP contribution < -0.4 is 9.47 Å². The van der Waals surface area contributed by atoms with Gasteiger partial charge in [-0.05, 0) is 24.8 Å². The first-order chi connectivity index (χ1) is 10.2. The van der Waals surface area contributed by atoms with Crippen LogP contribution >= 0.6 is 11.6 Å². The molecule has 0 amide bonds. The van der Waals surface area contributed by atoms with Crippen LogP contribution in [0.4, 0.5) is 0 Å². The van der Waals surface area contributed by atoms with Gasteiger partial charge in [-0.15, -0.1) is 11.6 Å². The minimum absolute atomic E-state index is 0.428. The van der Waals surface area contributed by atoms with Crippen LogP contribution in [0, 0.1) is 5.92 Å². The Hall–Kier alpha value is -0.930. The average Bonchev–Trinajstić information content (AvgIpc) is 2.48. The van der Waals surface area contributed by atoms with E-state index in [1.807, 2.05) is 18.2 Å². The van der Waals surface area contributed by atoms with Crippen molar-refractivity contribution in [2.45, 2.75) is 39.5 Å². The summed E-state index contributed by atoms with van der Waals surface area (Å²) in [6.07, 6.45) is 2.06. The SMILES string of the molecule is CCCOc1ccc(CCl)c(OCCOCCC(C)C)c1. The molecule has 0 saturated heterocycles. The Kier molecular flexibility index (Phi) is 9.27.